The molecule has 0 bridgehead atoms. The molecule has 1 atom stereocenters. The number of nitrogens with two attached hydrogens (primary N) is 1. The van der Waals surface area contributed by atoms with Crippen molar-refractivity contribution in [2.45, 2.75) is 24.3 Å². The number of nitrogens with zero attached hydrogens (tertiary/aromatic N) is 1. The van der Waals surface area contributed by atoms with E-state index in [4.69, 9.17) is 17.3 Å². The van der Waals surface area contributed by atoms with Crippen LogP contribution in [0.4, 0.5) is 10.1 Å². The van der Waals surface area contributed by atoms with Gasteiger partial charge in [0.15, 0.2) is 5.82 Å². The van der Waals surface area contributed by atoms with Gasteiger partial charge in [-0.1, -0.05) is 11.6 Å². The highest BCUT2D eigenvalue weighted by molar-refractivity contribution is 9.10. The van der Waals surface area contributed by atoms with Gasteiger partial charge in [-0.05, 0) is 56.0 Å². The minimum atomic E-state index is -4.03. The lowest BCUT2D eigenvalue weighted by Crippen LogP contribution is -2.35. The van der Waals surface area contributed by atoms with Crippen LogP contribution >= 0.6 is 27.5 Å². The molecule has 0 amide bonds. The molecular weight excluding hydrogens is 385 g/mol. The molecule has 120 valence electrons. The molecular formula is C12H18BrClFN3O2S. The van der Waals surface area contributed by atoms with Gasteiger partial charge in [0.05, 0.1) is 15.2 Å². The Morgan fingerprint density at radius 2 is 2.10 bits per heavy atom. The van der Waals surface area contributed by atoms with Crippen molar-refractivity contribution in [2.24, 2.45) is 0 Å². The fraction of sp³-hybridized carbons (Fsp3) is 0.500. The van der Waals surface area contributed by atoms with E-state index >= 15 is 0 Å². The lowest BCUT2D eigenvalue weighted by Gasteiger charge is -2.17. The first-order valence-electron chi connectivity index (χ1n) is 6.16. The van der Waals surface area contributed by atoms with Crippen molar-refractivity contribution in [3.8, 4) is 0 Å². The van der Waals surface area contributed by atoms with E-state index in [1.165, 1.54) is 0 Å². The summed E-state index contributed by atoms with van der Waals surface area (Å²) >= 11 is 8.85. The Hall–Kier alpha value is -0.410. The zero-order valence-corrected chi connectivity index (χ0v) is 15.1. The van der Waals surface area contributed by atoms with Crippen LogP contribution in [0.2, 0.25) is 5.02 Å². The van der Waals surface area contributed by atoms with Crippen LogP contribution in [-0.4, -0.2) is 40.0 Å². The summed E-state index contributed by atoms with van der Waals surface area (Å²) in [7, 11) is -0.259. The zero-order chi connectivity index (χ0) is 16.4. The number of benzene rings is 1. The molecule has 5 nitrogen and oxygen atoms in total. The number of rotatable bonds is 6. The molecule has 9 heteroatoms. The van der Waals surface area contributed by atoms with E-state index < -0.39 is 20.7 Å². The van der Waals surface area contributed by atoms with Crippen LogP contribution in [0.1, 0.15) is 13.3 Å². The molecule has 0 fully saturated rings. The second kappa shape index (κ2) is 7.23. The SMILES string of the molecule is CC(CCN(C)C)NS(=O)(=O)c1cc(Cl)c(Br)c(N)c1F. The van der Waals surface area contributed by atoms with Gasteiger partial charge in [0.25, 0.3) is 0 Å². The Morgan fingerprint density at radius 1 is 1.52 bits per heavy atom. The summed E-state index contributed by atoms with van der Waals surface area (Å²) in [4.78, 5) is 1.38. The van der Waals surface area contributed by atoms with Gasteiger partial charge in [0.1, 0.15) is 4.90 Å². The summed E-state index contributed by atoms with van der Waals surface area (Å²) in [6.45, 7) is 2.41. The molecule has 1 aromatic rings. The molecule has 0 spiro atoms. The van der Waals surface area contributed by atoms with Gasteiger partial charge in [-0.25, -0.2) is 17.5 Å². The van der Waals surface area contributed by atoms with E-state index in [1.54, 1.807) is 6.92 Å². The molecule has 1 unspecified atom stereocenters. The molecule has 21 heavy (non-hydrogen) atoms. The molecule has 0 radical (unpaired) electrons. The molecule has 1 rings (SSSR count). The van der Waals surface area contributed by atoms with E-state index in [2.05, 4.69) is 20.7 Å². The fourth-order valence-electron chi connectivity index (χ4n) is 1.63. The number of halogens is 3. The van der Waals surface area contributed by atoms with Gasteiger partial charge in [0.2, 0.25) is 10.0 Å². The molecule has 0 saturated carbocycles. The van der Waals surface area contributed by atoms with Gasteiger partial charge in [-0.15, -0.1) is 0 Å². The third-order valence-corrected chi connectivity index (χ3v) is 5.78. The number of hydrogen-bond donors (Lipinski definition) is 2. The van der Waals surface area contributed by atoms with E-state index in [0.29, 0.717) is 13.0 Å². The quantitative estimate of drug-likeness (QED) is 0.566. The van der Waals surface area contributed by atoms with Crippen molar-refractivity contribution < 1.29 is 12.8 Å². The topological polar surface area (TPSA) is 75.4 Å². The molecule has 1 aromatic carbocycles. The largest absolute Gasteiger partial charge is 0.395 e. The second-order valence-electron chi connectivity index (χ2n) is 5.01. The predicted octanol–water partition coefficient (Wildman–Crippen LogP) is 2.44. The van der Waals surface area contributed by atoms with Crippen molar-refractivity contribution in [3.05, 3.63) is 21.4 Å². The monoisotopic (exact) mass is 401 g/mol. The van der Waals surface area contributed by atoms with Crippen molar-refractivity contribution in [3.63, 3.8) is 0 Å². The summed E-state index contributed by atoms with van der Waals surface area (Å²) in [5.74, 6) is -1.02. The normalized spacial score (nSPS) is 13.7. The zero-order valence-electron chi connectivity index (χ0n) is 12.0. The number of hydrogen-bond acceptors (Lipinski definition) is 4. The Kier molecular flexibility index (Phi) is 6.42. The molecule has 0 saturated heterocycles. The van der Waals surface area contributed by atoms with Crippen molar-refractivity contribution in [2.75, 3.05) is 26.4 Å². The van der Waals surface area contributed by atoms with Gasteiger partial charge < -0.3 is 10.6 Å². The van der Waals surface area contributed by atoms with Crippen LogP contribution in [0.25, 0.3) is 0 Å². The summed E-state index contributed by atoms with van der Waals surface area (Å²) in [5, 5.41) is 0.0372. The summed E-state index contributed by atoms with van der Waals surface area (Å²) in [6, 6.07) is 0.693. The lowest BCUT2D eigenvalue weighted by molar-refractivity contribution is 0.378. The Balaban J connectivity index is 3.04. The maximum absolute atomic E-state index is 14.1. The summed E-state index contributed by atoms with van der Waals surface area (Å²) in [5.41, 5.74) is 5.17. The molecule has 0 aliphatic rings. The lowest BCUT2D eigenvalue weighted by atomic mass is 10.2. The van der Waals surface area contributed by atoms with Crippen LogP contribution in [0.5, 0.6) is 0 Å². The van der Waals surface area contributed by atoms with Gasteiger partial charge in [-0.2, -0.15) is 0 Å². The molecule has 0 aliphatic heterocycles. The average Bonchev–Trinajstić information content (AvgIpc) is 2.37. The van der Waals surface area contributed by atoms with Gasteiger partial charge >= 0.3 is 0 Å². The first-order chi connectivity index (χ1) is 9.56. The molecule has 3 N–H and O–H groups in total. The first kappa shape index (κ1) is 18.6. The highest BCUT2D eigenvalue weighted by atomic mass is 79.9. The van der Waals surface area contributed by atoms with Crippen molar-refractivity contribution >= 4 is 43.2 Å². The van der Waals surface area contributed by atoms with Gasteiger partial charge in [0, 0.05) is 6.04 Å². The minimum Gasteiger partial charge on any atom is -0.395 e. The first-order valence-corrected chi connectivity index (χ1v) is 8.81. The maximum atomic E-state index is 14.1. The summed E-state index contributed by atoms with van der Waals surface area (Å²) in [6.07, 6.45) is 0.591. The standard InChI is InChI=1S/C12H18BrClFN3O2S/c1-7(4-5-18(2)3)17-21(19,20)9-6-8(14)10(13)12(16)11(9)15/h6-7,17H,4-5,16H2,1-3H3. The Labute approximate surface area is 137 Å². The number of nitrogen functional groups attached to an aromatic ring is 1. The number of sulfonamides is 1. The highest BCUT2D eigenvalue weighted by Crippen LogP contribution is 2.34. The highest BCUT2D eigenvalue weighted by Gasteiger charge is 2.25. The van der Waals surface area contributed by atoms with Crippen LogP contribution < -0.4 is 10.5 Å². The van der Waals surface area contributed by atoms with Crippen LogP contribution in [0, 0.1) is 5.82 Å². The van der Waals surface area contributed by atoms with Crippen molar-refractivity contribution in [1.82, 2.24) is 9.62 Å². The average molecular weight is 403 g/mol. The second-order valence-corrected chi connectivity index (χ2v) is 7.90. The van der Waals surface area contributed by atoms with Gasteiger partial charge in [-0.3, -0.25) is 0 Å². The Bertz CT molecular complexity index is 625. The smallest absolute Gasteiger partial charge is 0.243 e. The molecule has 0 heterocycles. The third-order valence-electron chi connectivity index (χ3n) is 2.81. The van der Waals surface area contributed by atoms with Crippen molar-refractivity contribution in [1.29, 1.82) is 0 Å². The fourth-order valence-corrected chi connectivity index (χ4v) is 3.59. The van der Waals surface area contributed by atoms with E-state index in [1.807, 2.05) is 19.0 Å². The molecule has 0 aromatic heterocycles. The van der Waals surface area contributed by atoms with Crippen LogP contribution in [-0.2, 0) is 10.0 Å². The number of anilines is 1. The van der Waals surface area contributed by atoms with Crippen LogP contribution in [0.15, 0.2) is 15.4 Å². The van der Waals surface area contributed by atoms with E-state index in [-0.39, 0.29) is 21.2 Å². The van der Waals surface area contributed by atoms with Crippen LogP contribution in [0.3, 0.4) is 0 Å². The summed E-state index contributed by atoms with van der Waals surface area (Å²) < 4.78 is 41.1. The van der Waals surface area contributed by atoms with E-state index in [0.717, 1.165) is 6.07 Å². The Morgan fingerprint density at radius 3 is 2.62 bits per heavy atom. The molecule has 0 aliphatic carbocycles. The number of nitrogens with one attached hydrogen (secondary N) is 1. The predicted molar refractivity (Wildman–Crippen MR) is 86.5 cm³/mol. The van der Waals surface area contributed by atoms with E-state index in [9.17, 15) is 12.8 Å². The minimum absolute atomic E-state index is 0.0372. The third kappa shape index (κ3) is 4.79. The maximum Gasteiger partial charge on any atom is 0.243 e.